The molecule has 0 saturated heterocycles. The van der Waals surface area contributed by atoms with E-state index in [1.807, 2.05) is 31.2 Å². The number of anilines is 1. The van der Waals surface area contributed by atoms with E-state index >= 15 is 0 Å². The number of phenols is 1. The second kappa shape index (κ2) is 7.10. The van der Waals surface area contributed by atoms with Crippen LogP contribution in [0.4, 0.5) is 5.69 Å². The van der Waals surface area contributed by atoms with Gasteiger partial charge in [0.2, 0.25) is 0 Å². The maximum atomic E-state index is 10.2. The Morgan fingerprint density at radius 1 is 1.13 bits per heavy atom. The highest BCUT2D eigenvalue weighted by Crippen LogP contribution is 2.54. The van der Waals surface area contributed by atoms with E-state index in [4.69, 9.17) is 15.9 Å². The minimum absolute atomic E-state index is 0.0814. The quantitative estimate of drug-likeness (QED) is 0.383. The molecule has 5 rings (SSSR count). The number of amidine groups is 1. The summed E-state index contributed by atoms with van der Waals surface area (Å²) in [4.78, 5) is 0. The molecule has 1 aliphatic heterocycles. The van der Waals surface area contributed by atoms with Crippen LogP contribution in [0, 0.1) is 11.3 Å². The molecule has 5 N–H and O–H groups in total. The summed E-state index contributed by atoms with van der Waals surface area (Å²) in [6.07, 6.45) is 0.965. The number of nitrogens with one attached hydrogen (secondary N) is 2. The Morgan fingerprint density at radius 3 is 2.77 bits per heavy atom. The molecule has 0 radical (unpaired) electrons. The van der Waals surface area contributed by atoms with Crippen LogP contribution < -0.4 is 15.8 Å². The molecule has 30 heavy (non-hydrogen) atoms. The Hall–Kier alpha value is -3.47. The number of hydrogen-bond acceptors (Lipinski definition) is 4. The van der Waals surface area contributed by atoms with E-state index in [9.17, 15) is 5.11 Å². The van der Waals surface area contributed by atoms with Crippen molar-refractivity contribution in [3.05, 3.63) is 88.5 Å². The number of fused-ring (bicyclic) bond motifs is 5. The summed E-state index contributed by atoms with van der Waals surface area (Å²) < 4.78 is 5.64. The minimum atomic E-state index is 0.0814. The Morgan fingerprint density at radius 2 is 1.97 bits per heavy atom. The molecule has 3 aromatic rings. The predicted octanol–water partition coefficient (Wildman–Crippen LogP) is 4.55. The number of nitrogens with two attached hydrogens (primary N) is 1. The van der Waals surface area contributed by atoms with Gasteiger partial charge in [-0.1, -0.05) is 30.3 Å². The first kappa shape index (κ1) is 18.6. The summed E-state index contributed by atoms with van der Waals surface area (Å²) in [5.74, 6) is 1.31. The number of benzene rings is 3. The van der Waals surface area contributed by atoms with E-state index in [1.165, 1.54) is 16.7 Å². The van der Waals surface area contributed by atoms with Crippen molar-refractivity contribution >= 4 is 11.5 Å². The van der Waals surface area contributed by atoms with E-state index < -0.39 is 0 Å². The van der Waals surface area contributed by atoms with Gasteiger partial charge in [0.05, 0.1) is 12.6 Å². The molecule has 0 spiro atoms. The number of aromatic hydroxyl groups is 1. The molecule has 1 heterocycles. The van der Waals surface area contributed by atoms with Crippen molar-refractivity contribution in [2.24, 2.45) is 11.7 Å². The van der Waals surface area contributed by atoms with Gasteiger partial charge in [0.1, 0.15) is 5.84 Å². The van der Waals surface area contributed by atoms with Crippen molar-refractivity contribution in [1.82, 2.24) is 0 Å². The lowest BCUT2D eigenvalue weighted by Gasteiger charge is -2.38. The molecule has 152 valence electrons. The smallest absolute Gasteiger partial charge is 0.161 e. The average Bonchev–Trinajstić information content (AvgIpc) is 3.14. The zero-order valence-corrected chi connectivity index (χ0v) is 16.9. The molecule has 3 aromatic carbocycles. The largest absolute Gasteiger partial charge is 0.504 e. The average molecular weight is 399 g/mol. The van der Waals surface area contributed by atoms with Crippen molar-refractivity contribution < 1.29 is 9.84 Å². The summed E-state index contributed by atoms with van der Waals surface area (Å²) in [5, 5.41) is 21.7. The van der Waals surface area contributed by atoms with E-state index in [2.05, 4.69) is 35.6 Å². The SMILES string of the molecule is CCOc1cc(C2Nc3ccc(C(=N)N)cc3C3c4ccccc4CC23)ccc1O. The lowest BCUT2D eigenvalue weighted by atomic mass is 9.75. The van der Waals surface area contributed by atoms with Crippen LogP contribution in [-0.2, 0) is 6.42 Å². The van der Waals surface area contributed by atoms with Crippen LogP contribution in [0.3, 0.4) is 0 Å². The zero-order valence-electron chi connectivity index (χ0n) is 16.9. The van der Waals surface area contributed by atoms with Crippen LogP contribution in [0.25, 0.3) is 0 Å². The fourth-order valence-corrected chi connectivity index (χ4v) is 5.05. The molecule has 0 fully saturated rings. The number of phenolic OH excluding ortho intramolecular Hbond substituents is 1. The molecular formula is C25H25N3O2. The lowest BCUT2D eigenvalue weighted by Crippen LogP contribution is -2.30. The number of hydrogen-bond donors (Lipinski definition) is 4. The van der Waals surface area contributed by atoms with E-state index in [1.54, 1.807) is 6.07 Å². The van der Waals surface area contributed by atoms with Crippen LogP contribution in [0.15, 0.2) is 60.7 Å². The van der Waals surface area contributed by atoms with Gasteiger partial charge in [-0.3, -0.25) is 5.41 Å². The van der Waals surface area contributed by atoms with Crippen molar-refractivity contribution in [2.45, 2.75) is 25.3 Å². The van der Waals surface area contributed by atoms with Crippen molar-refractivity contribution in [1.29, 1.82) is 5.41 Å². The van der Waals surface area contributed by atoms with Crippen LogP contribution in [0.1, 0.15) is 46.7 Å². The maximum absolute atomic E-state index is 10.2. The molecule has 5 nitrogen and oxygen atoms in total. The number of nitrogen functional groups attached to an aromatic ring is 1. The summed E-state index contributed by atoms with van der Waals surface area (Å²) in [5.41, 5.74) is 12.6. The predicted molar refractivity (Wildman–Crippen MR) is 119 cm³/mol. The molecule has 2 aliphatic rings. The molecule has 1 aliphatic carbocycles. The van der Waals surface area contributed by atoms with Crippen molar-refractivity contribution in [3.63, 3.8) is 0 Å². The molecule has 0 bridgehead atoms. The summed E-state index contributed by atoms with van der Waals surface area (Å²) in [7, 11) is 0. The van der Waals surface area contributed by atoms with Gasteiger partial charge in [0, 0.05) is 17.2 Å². The van der Waals surface area contributed by atoms with Gasteiger partial charge >= 0.3 is 0 Å². The normalized spacial score (nSPS) is 21.2. The fraction of sp³-hybridized carbons (Fsp3) is 0.240. The first-order valence-corrected chi connectivity index (χ1v) is 10.3. The van der Waals surface area contributed by atoms with Crippen LogP contribution in [0.5, 0.6) is 11.5 Å². The Labute approximate surface area is 176 Å². The van der Waals surface area contributed by atoms with E-state index in [0.717, 1.165) is 23.2 Å². The molecule has 5 heteroatoms. The van der Waals surface area contributed by atoms with Gasteiger partial charge < -0.3 is 20.9 Å². The minimum Gasteiger partial charge on any atom is -0.504 e. The third-order valence-electron chi connectivity index (χ3n) is 6.35. The molecular weight excluding hydrogens is 374 g/mol. The standard InChI is InChI=1S/C25H25N3O2/c1-2-30-22-13-15(8-10-21(22)29)24-19-11-14-5-3-4-6-17(14)23(19)18-12-16(25(26)27)7-9-20(18)28-24/h3-10,12-13,19,23-24,28-29H,2,11H2,1H3,(H3,26,27). The van der Waals surface area contributed by atoms with Gasteiger partial charge in [-0.2, -0.15) is 0 Å². The topological polar surface area (TPSA) is 91.4 Å². The van der Waals surface area contributed by atoms with Gasteiger partial charge in [0.15, 0.2) is 11.5 Å². The van der Waals surface area contributed by atoms with Gasteiger partial charge in [0.25, 0.3) is 0 Å². The summed E-state index contributed by atoms with van der Waals surface area (Å²) in [6, 6.07) is 20.3. The fourth-order valence-electron chi connectivity index (χ4n) is 5.05. The molecule has 0 aromatic heterocycles. The Balaban J connectivity index is 1.65. The first-order chi connectivity index (χ1) is 14.6. The molecule has 0 amide bonds. The van der Waals surface area contributed by atoms with E-state index in [0.29, 0.717) is 18.3 Å². The Kier molecular flexibility index (Phi) is 4.39. The highest BCUT2D eigenvalue weighted by molar-refractivity contribution is 5.95. The second-order valence-corrected chi connectivity index (χ2v) is 8.04. The van der Waals surface area contributed by atoms with Gasteiger partial charge in [-0.25, -0.2) is 0 Å². The van der Waals surface area contributed by atoms with E-state index in [-0.39, 0.29) is 23.5 Å². The summed E-state index contributed by atoms with van der Waals surface area (Å²) in [6.45, 7) is 2.42. The zero-order chi connectivity index (χ0) is 20.8. The molecule has 0 saturated carbocycles. The lowest BCUT2D eigenvalue weighted by molar-refractivity contribution is 0.316. The van der Waals surface area contributed by atoms with Crippen molar-refractivity contribution in [2.75, 3.05) is 11.9 Å². The third kappa shape index (κ3) is 2.89. The highest BCUT2D eigenvalue weighted by Gasteiger charge is 2.43. The highest BCUT2D eigenvalue weighted by atomic mass is 16.5. The monoisotopic (exact) mass is 399 g/mol. The third-order valence-corrected chi connectivity index (χ3v) is 6.35. The number of ether oxygens (including phenoxy) is 1. The summed E-state index contributed by atoms with van der Waals surface area (Å²) >= 11 is 0. The first-order valence-electron chi connectivity index (χ1n) is 10.3. The van der Waals surface area contributed by atoms with Crippen LogP contribution in [0.2, 0.25) is 0 Å². The maximum Gasteiger partial charge on any atom is 0.161 e. The molecule has 3 atom stereocenters. The van der Waals surface area contributed by atoms with Crippen LogP contribution >= 0.6 is 0 Å². The van der Waals surface area contributed by atoms with Crippen molar-refractivity contribution in [3.8, 4) is 11.5 Å². The van der Waals surface area contributed by atoms with Crippen LogP contribution in [-0.4, -0.2) is 17.5 Å². The van der Waals surface area contributed by atoms with Gasteiger partial charge in [-0.05, 0) is 71.8 Å². The number of rotatable bonds is 4. The second-order valence-electron chi connectivity index (χ2n) is 8.04. The Bertz CT molecular complexity index is 1140. The van der Waals surface area contributed by atoms with Gasteiger partial charge in [-0.15, -0.1) is 0 Å². The molecule has 3 unspecified atom stereocenters.